The fraction of sp³-hybridized carbons (Fsp3) is 0.288. The number of phenols is 1. The summed E-state index contributed by atoms with van der Waals surface area (Å²) in [4.78, 5) is 9.83. The van der Waals surface area contributed by atoms with E-state index in [4.69, 9.17) is 33.8 Å². The second-order valence-electron chi connectivity index (χ2n) is 18.3. The highest BCUT2D eigenvalue weighted by Gasteiger charge is 2.30. The molecule has 0 aliphatic carbocycles. The van der Waals surface area contributed by atoms with Gasteiger partial charge in [-0.15, -0.1) is 0 Å². The van der Waals surface area contributed by atoms with Crippen molar-refractivity contribution in [1.82, 2.24) is 14.5 Å². The van der Waals surface area contributed by atoms with E-state index in [0.717, 1.165) is 12.1 Å². The van der Waals surface area contributed by atoms with Crippen molar-refractivity contribution in [3.63, 3.8) is 0 Å². The summed E-state index contributed by atoms with van der Waals surface area (Å²) in [6.45, 7) is -13.5. The lowest BCUT2D eigenvalue weighted by Gasteiger charge is -2.28. The van der Waals surface area contributed by atoms with Crippen LogP contribution in [-0.4, -0.2) is 19.6 Å². The fourth-order valence-corrected chi connectivity index (χ4v) is 7.99. The maximum absolute atomic E-state index is 12.7. The molecule has 4 nitrogen and oxygen atoms in total. The number of hydrogen-bond acceptors (Lipinski definition) is 3. The average molecular weight is 851 g/mol. The van der Waals surface area contributed by atoms with E-state index in [-0.39, 0.29) is 67.4 Å². The summed E-state index contributed by atoms with van der Waals surface area (Å²) < 4.78 is 186. The molecule has 6 aromatic carbocycles. The lowest BCUT2D eigenvalue weighted by Crippen LogP contribution is -2.18. The lowest BCUT2D eigenvalue weighted by molar-refractivity contribution is 0.446. The Morgan fingerprint density at radius 3 is 1.86 bits per heavy atom. The quantitative estimate of drug-likeness (QED) is 0.181. The Hall–Kier alpha value is -6.26. The molecule has 0 radical (unpaired) electrons. The Morgan fingerprint density at radius 2 is 1.17 bits per heavy atom. The monoisotopic (exact) mass is 851 g/mol. The number of pyridine rings is 1. The molecule has 0 saturated heterocycles. The predicted molar refractivity (Wildman–Crippen MR) is 267 cm³/mol. The van der Waals surface area contributed by atoms with E-state index in [1.54, 1.807) is 66.7 Å². The Balaban J connectivity index is 1.60. The van der Waals surface area contributed by atoms with Gasteiger partial charge in [-0.3, -0.25) is 9.55 Å². The van der Waals surface area contributed by atoms with Crippen molar-refractivity contribution >= 4 is 11.0 Å². The van der Waals surface area contributed by atoms with Gasteiger partial charge < -0.3 is 5.11 Å². The first-order chi connectivity index (χ1) is 38.3. The van der Waals surface area contributed by atoms with Crippen LogP contribution >= 0.6 is 0 Å². The molecular formula is C59H63N3O. The number of aromatic nitrogens is 3. The topological polar surface area (TPSA) is 50.9 Å². The molecule has 0 amide bonds. The molecule has 2 heterocycles. The molecule has 0 saturated carbocycles. The molecule has 0 aliphatic heterocycles. The van der Waals surface area contributed by atoms with Gasteiger partial charge in [0.25, 0.3) is 0 Å². The number of nitrogens with zero attached hydrogens (tertiary/aromatic N) is 3. The van der Waals surface area contributed by atoms with Gasteiger partial charge in [-0.1, -0.05) is 173 Å². The molecule has 0 atom stereocenters. The maximum atomic E-state index is 12.7. The minimum absolute atomic E-state index is 0.00910. The van der Waals surface area contributed by atoms with E-state index in [1.807, 2.05) is 47.6 Å². The van der Waals surface area contributed by atoms with E-state index in [0.29, 0.717) is 27.8 Å². The summed E-state index contributed by atoms with van der Waals surface area (Å²) in [6.07, 6.45) is 1.41. The summed E-state index contributed by atoms with van der Waals surface area (Å²) in [5.41, 5.74) is -6.91. The highest BCUT2D eigenvalue weighted by molar-refractivity contribution is 5.97. The van der Waals surface area contributed by atoms with Crippen molar-refractivity contribution in [2.75, 3.05) is 0 Å². The van der Waals surface area contributed by atoms with Gasteiger partial charge in [0.2, 0.25) is 0 Å². The van der Waals surface area contributed by atoms with Gasteiger partial charge in [0.05, 0.1) is 28.0 Å². The Labute approximate surface area is 405 Å². The summed E-state index contributed by atoms with van der Waals surface area (Å²) in [6, 6.07) is 33.8. The second kappa shape index (κ2) is 15.8. The SMILES string of the molecule is [2H]C([2H])([2H])c1ccc(-c2ccnc(-c3cc(-c4cccc5c4nc(-c4cc(C(C)(C)C)cc(C(C)(C)C)c4O)n5-c4ccc(-c5ccccc5)cc4C(C([2H])([2H])[2H])(C([2H])([2H])[2H])C([2H])([2H])[2H])cc(C(C([2H])([2H])[2H])(C([2H])([2H])[2H])C([2H])([2H])[2H])c3)c2)cc1. The summed E-state index contributed by atoms with van der Waals surface area (Å²) >= 11 is 0. The van der Waals surface area contributed by atoms with Crippen molar-refractivity contribution in [3.05, 3.63) is 167 Å². The van der Waals surface area contributed by atoms with Crippen molar-refractivity contribution < 1.29 is 33.9 Å². The van der Waals surface area contributed by atoms with Crippen molar-refractivity contribution in [2.24, 2.45) is 0 Å². The minimum atomic E-state index is -3.78. The van der Waals surface area contributed by atoms with Gasteiger partial charge in [0, 0.05) is 51.7 Å². The van der Waals surface area contributed by atoms with E-state index in [1.165, 1.54) is 59.3 Å². The normalized spacial score (nSPS) is 18.9. The molecule has 0 unspecified atom stereocenters. The second-order valence-corrected chi connectivity index (χ2v) is 18.3. The summed E-state index contributed by atoms with van der Waals surface area (Å²) in [5, 5.41) is 12.7. The third-order valence-corrected chi connectivity index (χ3v) is 11.4. The zero-order valence-electron chi connectivity index (χ0n) is 57.1. The van der Waals surface area contributed by atoms with E-state index in [2.05, 4.69) is 4.98 Å². The zero-order chi connectivity index (χ0) is 62.7. The van der Waals surface area contributed by atoms with Crippen LogP contribution < -0.4 is 0 Å². The van der Waals surface area contributed by atoms with E-state index in [9.17, 15) is 5.11 Å². The standard InChI is InChI=1S/C59H63N3O/c1-37-22-24-39(25-23-37)41-28-29-60-50(34-41)43-30-42(31-44(32-43)56(2,3)4)46-20-17-21-52-53(46)61-55(47-35-45(57(5,6)7)36-49(54(47)63)59(11,12)13)62(52)51-27-26-40(33-48(51)58(8,9)10)38-18-15-14-16-19-38/h14-36,63H,1-13H3/i1D3,2D3,3D3,4D3,8D3,9D3,10D3. The molecule has 0 spiro atoms. The Bertz CT molecular complexity index is 3700. The van der Waals surface area contributed by atoms with Gasteiger partial charge in [0.1, 0.15) is 11.6 Å². The van der Waals surface area contributed by atoms with Crippen molar-refractivity contribution in [2.45, 2.75) is 111 Å². The zero-order valence-corrected chi connectivity index (χ0v) is 36.1. The molecule has 320 valence electrons. The van der Waals surface area contributed by atoms with Gasteiger partial charge in [-0.05, 0) is 122 Å². The van der Waals surface area contributed by atoms with Crippen LogP contribution in [0.15, 0.2) is 140 Å². The molecule has 1 N–H and O–H groups in total. The first-order valence-electron chi connectivity index (χ1n) is 31.1. The molecule has 2 aromatic heterocycles. The first kappa shape index (κ1) is 24.5. The summed E-state index contributed by atoms with van der Waals surface area (Å²) in [5.74, 6) is -0.432. The van der Waals surface area contributed by atoms with Crippen LogP contribution in [0.25, 0.3) is 72.7 Å². The van der Waals surface area contributed by atoms with Gasteiger partial charge in [-0.2, -0.15) is 0 Å². The molecule has 0 fully saturated rings. The number of benzene rings is 6. The van der Waals surface area contributed by atoms with Crippen LogP contribution in [0.4, 0.5) is 0 Å². The third kappa shape index (κ3) is 8.61. The van der Waals surface area contributed by atoms with Crippen LogP contribution in [0.2, 0.25) is 0 Å². The molecule has 4 heteroatoms. The van der Waals surface area contributed by atoms with E-state index < -0.39 is 80.8 Å². The predicted octanol–water partition coefficient (Wildman–Crippen LogP) is 16.0. The largest absolute Gasteiger partial charge is 0.507 e. The Morgan fingerprint density at radius 1 is 0.508 bits per heavy atom. The molecule has 8 rings (SSSR count). The first-order valence-corrected chi connectivity index (χ1v) is 20.6. The number of rotatable bonds is 6. The smallest absolute Gasteiger partial charge is 0.149 e. The van der Waals surface area contributed by atoms with Crippen LogP contribution in [0.5, 0.6) is 5.75 Å². The molecular weight excluding hydrogens is 767 g/mol. The molecule has 0 bridgehead atoms. The number of phenolic OH excluding ortho intramolecular Hbond substituents is 1. The summed E-state index contributed by atoms with van der Waals surface area (Å²) in [7, 11) is 0. The number of para-hydroxylation sites is 1. The number of aryl methyl sites for hydroxylation is 1. The maximum Gasteiger partial charge on any atom is 0.149 e. The van der Waals surface area contributed by atoms with Crippen LogP contribution in [0.3, 0.4) is 0 Å². The van der Waals surface area contributed by atoms with Gasteiger partial charge in [-0.25, -0.2) is 4.98 Å². The molecule has 63 heavy (non-hydrogen) atoms. The van der Waals surface area contributed by atoms with Crippen molar-refractivity contribution in [1.29, 1.82) is 0 Å². The molecule has 8 aromatic rings. The number of aromatic hydroxyl groups is 1. The van der Waals surface area contributed by atoms with Crippen molar-refractivity contribution in [3.8, 4) is 67.5 Å². The third-order valence-electron chi connectivity index (χ3n) is 11.4. The number of fused-ring (bicyclic) bond motifs is 1. The van der Waals surface area contributed by atoms with Crippen LogP contribution in [-0.2, 0) is 21.7 Å². The van der Waals surface area contributed by atoms with Gasteiger partial charge >= 0.3 is 0 Å². The fourth-order valence-electron chi connectivity index (χ4n) is 7.99. The number of imidazole rings is 1. The lowest BCUT2D eigenvalue weighted by atomic mass is 9.78. The highest BCUT2D eigenvalue weighted by atomic mass is 16.3. The minimum Gasteiger partial charge on any atom is -0.507 e. The highest BCUT2D eigenvalue weighted by Crippen LogP contribution is 2.46. The molecule has 0 aliphatic rings. The van der Waals surface area contributed by atoms with Crippen LogP contribution in [0.1, 0.15) is 139 Å². The van der Waals surface area contributed by atoms with Crippen LogP contribution in [0, 0.1) is 6.85 Å². The average Bonchev–Trinajstić information content (AvgIpc) is 0.909. The van der Waals surface area contributed by atoms with Gasteiger partial charge in [0.15, 0.2) is 0 Å². The van der Waals surface area contributed by atoms with E-state index >= 15 is 0 Å². The Kier molecular flexibility index (Phi) is 6.17. The number of hydrogen-bond donors (Lipinski definition) is 1.